The van der Waals surface area contributed by atoms with E-state index in [-0.39, 0.29) is 11.7 Å². The minimum atomic E-state index is -0.237. The Morgan fingerprint density at radius 1 is 1.11 bits per heavy atom. The molecule has 0 saturated carbocycles. The first-order valence-electron chi connectivity index (χ1n) is 9.00. The van der Waals surface area contributed by atoms with E-state index in [4.69, 9.17) is 0 Å². The fourth-order valence-corrected chi connectivity index (χ4v) is 3.34. The molecule has 2 aromatic carbocycles. The van der Waals surface area contributed by atoms with Crippen LogP contribution >= 0.6 is 15.9 Å². The maximum Gasteiger partial charge on any atom is 0.254 e. The Kier molecular flexibility index (Phi) is 6.45. The summed E-state index contributed by atoms with van der Waals surface area (Å²) in [5.74, 6) is -0.220. The quantitative estimate of drug-likeness (QED) is 0.488. The molecule has 3 nitrogen and oxygen atoms in total. The molecular weight excluding hydrogens is 407 g/mol. The van der Waals surface area contributed by atoms with Gasteiger partial charge in [-0.25, -0.2) is 4.39 Å². The van der Waals surface area contributed by atoms with Gasteiger partial charge in [0.05, 0.1) is 6.54 Å². The van der Waals surface area contributed by atoms with Crippen LogP contribution in [0.2, 0.25) is 0 Å². The second kappa shape index (κ2) is 9.00. The fraction of sp³-hybridized carbons (Fsp3) is 0.227. The van der Waals surface area contributed by atoms with Gasteiger partial charge in [0.15, 0.2) is 0 Å². The van der Waals surface area contributed by atoms with Crippen LogP contribution in [0.4, 0.5) is 4.39 Å². The maximum absolute atomic E-state index is 13.5. The summed E-state index contributed by atoms with van der Waals surface area (Å²) in [6.45, 7) is 3.84. The summed E-state index contributed by atoms with van der Waals surface area (Å²) in [5, 5.41) is 0. The van der Waals surface area contributed by atoms with Crippen molar-refractivity contribution in [1.82, 2.24) is 9.47 Å². The van der Waals surface area contributed by atoms with Gasteiger partial charge in [-0.05, 0) is 60.5 Å². The first-order valence-corrected chi connectivity index (χ1v) is 9.79. The molecule has 0 bridgehead atoms. The molecule has 0 aliphatic carbocycles. The van der Waals surface area contributed by atoms with Crippen LogP contribution in [-0.2, 0) is 13.1 Å². The molecule has 1 heterocycles. The van der Waals surface area contributed by atoms with E-state index in [0.717, 1.165) is 22.2 Å². The van der Waals surface area contributed by atoms with Gasteiger partial charge >= 0.3 is 0 Å². The van der Waals surface area contributed by atoms with Crippen molar-refractivity contribution in [3.05, 3.63) is 94.0 Å². The van der Waals surface area contributed by atoms with Crippen molar-refractivity contribution in [2.24, 2.45) is 0 Å². The Hall–Kier alpha value is -2.40. The van der Waals surface area contributed by atoms with Gasteiger partial charge in [-0.2, -0.15) is 0 Å². The van der Waals surface area contributed by atoms with E-state index in [2.05, 4.69) is 27.4 Å². The Morgan fingerprint density at radius 3 is 2.59 bits per heavy atom. The number of hydrogen-bond donors (Lipinski definition) is 0. The number of hydrogen-bond acceptors (Lipinski definition) is 1. The molecule has 0 N–H and O–H groups in total. The third-order valence-corrected chi connectivity index (χ3v) is 4.92. The molecule has 0 atom stereocenters. The van der Waals surface area contributed by atoms with Crippen LogP contribution in [0.3, 0.4) is 0 Å². The van der Waals surface area contributed by atoms with E-state index in [1.54, 1.807) is 12.1 Å². The molecule has 1 aromatic heterocycles. The fourth-order valence-electron chi connectivity index (χ4n) is 3.07. The maximum atomic E-state index is 13.5. The molecule has 0 radical (unpaired) electrons. The molecule has 27 heavy (non-hydrogen) atoms. The van der Waals surface area contributed by atoms with Crippen LogP contribution in [0.25, 0.3) is 0 Å². The minimum Gasteiger partial charge on any atom is -0.345 e. The van der Waals surface area contributed by atoms with Crippen LogP contribution in [0, 0.1) is 5.82 Å². The topological polar surface area (TPSA) is 25.2 Å². The monoisotopic (exact) mass is 428 g/mol. The third kappa shape index (κ3) is 5.07. The minimum absolute atomic E-state index is 0.0165. The predicted molar refractivity (Wildman–Crippen MR) is 109 cm³/mol. The lowest BCUT2D eigenvalue weighted by Crippen LogP contribution is -2.32. The molecule has 0 fully saturated rings. The smallest absolute Gasteiger partial charge is 0.254 e. The number of aromatic nitrogens is 1. The van der Waals surface area contributed by atoms with Gasteiger partial charge < -0.3 is 9.47 Å². The van der Waals surface area contributed by atoms with Crippen molar-refractivity contribution in [3.8, 4) is 0 Å². The van der Waals surface area contributed by atoms with E-state index < -0.39 is 0 Å². The van der Waals surface area contributed by atoms with Gasteiger partial charge in [0.25, 0.3) is 5.91 Å². The third-order valence-electron chi connectivity index (χ3n) is 4.39. The van der Waals surface area contributed by atoms with Gasteiger partial charge in [-0.3, -0.25) is 4.79 Å². The first kappa shape index (κ1) is 19.4. The summed E-state index contributed by atoms with van der Waals surface area (Å²) in [7, 11) is 0. The summed E-state index contributed by atoms with van der Waals surface area (Å²) < 4.78 is 16.5. The second-order valence-electron chi connectivity index (χ2n) is 6.49. The average molecular weight is 429 g/mol. The molecule has 1 amide bonds. The predicted octanol–water partition coefficient (Wildman–Crippen LogP) is 5.49. The molecule has 0 aliphatic rings. The SMILES string of the molecule is CCCN(Cc1cccn1Cc1cccc(F)c1)C(=O)c1ccc(Br)cc1. The average Bonchev–Trinajstić information content (AvgIpc) is 3.08. The number of carbonyl (C=O) groups is 1. The van der Waals surface area contributed by atoms with Crippen molar-refractivity contribution in [2.75, 3.05) is 6.54 Å². The Morgan fingerprint density at radius 2 is 1.89 bits per heavy atom. The summed E-state index contributed by atoms with van der Waals surface area (Å²) in [5.41, 5.74) is 2.60. The summed E-state index contributed by atoms with van der Waals surface area (Å²) in [6.07, 6.45) is 2.85. The lowest BCUT2D eigenvalue weighted by Gasteiger charge is -2.23. The van der Waals surface area contributed by atoms with E-state index >= 15 is 0 Å². The second-order valence-corrected chi connectivity index (χ2v) is 7.41. The number of benzene rings is 2. The zero-order valence-electron chi connectivity index (χ0n) is 15.2. The van der Waals surface area contributed by atoms with Crippen LogP contribution in [0.15, 0.2) is 71.3 Å². The molecule has 5 heteroatoms. The van der Waals surface area contributed by atoms with Gasteiger partial charge in [0.2, 0.25) is 0 Å². The Bertz CT molecular complexity index is 905. The highest BCUT2D eigenvalue weighted by molar-refractivity contribution is 9.10. The van der Waals surface area contributed by atoms with Gasteiger partial charge in [-0.1, -0.05) is 35.0 Å². The van der Waals surface area contributed by atoms with Crippen LogP contribution in [0.5, 0.6) is 0 Å². The standard InChI is InChI=1S/C22H22BrFN2O/c1-2-12-26(22(27)18-8-10-19(23)11-9-18)16-21-7-4-13-25(21)15-17-5-3-6-20(24)14-17/h3-11,13-14H,2,12,15-16H2,1H3. The molecule has 0 saturated heterocycles. The van der Waals surface area contributed by atoms with E-state index in [1.807, 2.05) is 53.6 Å². The number of carbonyl (C=O) groups excluding carboxylic acids is 1. The molecule has 140 valence electrons. The van der Waals surface area contributed by atoms with Gasteiger partial charge in [0.1, 0.15) is 5.82 Å². The largest absolute Gasteiger partial charge is 0.345 e. The molecule has 3 aromatic rings. The Labute approximate surface area is 167 Å². The van der Waals surface area contributed by atoms with Crippen LogP contribution in [0.1, 0.15) is 35.0 Å². The van der Waals surface area contributed by atoms with Gasteiger partial charge in [0, 0.05) is 35.0 Å². The molecule has 0 aliphatic heterocycles. The van der Waals surface area contributed by atoms with Crippen molar-refractivity contribution in [1.29, 1.82) is 0 Å². The molecule has 0 unspecified atom stereocenters. The molecule has 0 spiro atoms. The van der Waals surface area contributed by atoms with Crippen molar-refractivity contribution in [2.45, 2.75) is 26.4 Å². The Balaban J connectivity index is 1.78. The van der Waals surface area contributed by atoms with Crippen LogP contribution in [-0.4, -0.2) is 21.9 Å². The zero-order valence-corrected chi connectivity index (χ0v) is 16.8. The highest BCUT2D eigenvalue weighted by atomic mass is 79.9. The normalized spacial score (nSPS) is 10.8. The number of rotatable bonds is 7. The van der Waals surface area contributed by atoms with Crippen molar-refractivity contribution in [3.63, 3.8) is 0 Å². The van der Waals surface area contributed by atoms with Crippen molar-refractivity contribution >= 4 is 21.8 Å². The summed E-state index contributed by atoms with van der Waals surface area (Å²) in [6, 6.07) is 18.0. The van der Waals surface area contributed by atoms with E-state index in [9.17, 15) is 9.18 Å². The number of halogens is 2. The molecule has 3 rings (SSSR count). The van der Waals surface area contributed by atoms with Crippen LogP contribution < -0.4 is 0 Å². The van der Waals surface area contributed by atoms with Crippen molar-refractivity contribution < 1.29 is 9.18 Å². The summed E-state index contributed by atoms with van der Waals surface area (Å²) in [4.78, 5) is 14.8. The first-order chi connectivity index (χ1) is 13.1. The highest BCUT2D eigenvalue weighted by Gasteiger charge is 2.17. The van der Waals surface area contributed by atoms with E-state index in [0.29, 0.717) is 25.2 Å². The number of nitrogens with zero attached hydrogens (tertiary/aromatic N) is 2. The summed E-state index contributed by atoms with van der Waals surface area (Å²) >= 11 is 3.40. The van der Waals surface area contributed by atoms with Gasteiger partial charge in [-0.15, -0.1) is 0 Å². The lowest BCUT2D eigenvalue weighted by molar-refractivity contribution is 0.0739. The number of amides is 1. The molecular formula is C22H22BrFN2O. The zero-order chi connectivity index (χ0) is 19.2. The van der Waals surface area contributed by atoms with E-state index in [1.165, 1.54) is 6.07 Å². The highest BCUT2D eigenvalue weighted by Crippen LogP contribution is 2.16. The lowest BCUT2D eigenvalue weighted by atomic mass is 10.2.